The molecular weight excluding hydrogens is 404 g/mol. The van der Waals surface area contributed by atoms with Crippen molar-refractivity contribution in [3.8, 4) is 11.6 Å². The molecule has 0 spiro atoms. The van der Waals surface area contributed by atoms with E-state index in [-0.39, 0.29) is 18.3 Å². The van der Waals surface area contributed by atoms with Gasteiger partial charge in [-0.2, -0.15) is 4.98 Å². The number of aromatic nitrogens is 2. The summed E-state index contributed by atoms with van der Waals surface area (Å²) in [6, 6.07) is 14.1. The molecule has 1 amide bonds. The number of aromatic hydroxyl groups is 1. The minimum Gasteiger partial charge on any atom is -0.488 e. The molecule has 0 aliphatic rings. The first-order chi connectivity index (χ1) is 14.8. The van der Waals surface area contributed by atoms with Gasteiger partial charge in [0.05, 0.1) is 4.92 Å². The fourth-order valence-corrected chi connectivity index (χ4v) is 2.63. The summed E-state index contributed by atoms with van der Waals surface area (Å²) in [5.41, 5.74) is 0.371. The van der Waals surface area contributed by atoms with Crippen LogP contribution in [-0.4, -0.2) is 32.5 Å². The van der Waals surface area contributed by atoms with Crippen molar-refractivity contribution in [1.29, 1.82) is 0 Å². The highest BCUT2D eigenvalue weighted by Crippen LogP contribution is 2.18. The molecule has 2 aromatic carbocycles. The number of ether oxygens (including phenoxy) is 1. The van der Waals surface area contributed by atoms with Gasteiger partial charge in [0.2, 0.25) is 0 Å². The molecule has 0 atom stereocenters. The van der Waals surface area contributed by atoms with Gasteiger partial charge < -0.3 is 20.1 Å². The third kappa shape index (κ3) is 5.76. The summed E-state index contributed by atoms with van der Waals surface area (Å²) in [6.07, 6.45) is 2.97. The maximum Gasteiger partial charge on any atom is 0.395 e. The molecule has 3 N–H and O–H groups in total. The molecule has 0 bridgehead atoms. The predicted molar refractivity (Wildman–Crippen MR) is 114 cm³/mol. The molecule has 31 heavy (non-hydrogen) atoms. The number of H-pyrrole nitrogens is 1. The highest BCUT2D eigenvalue weighted by molar-refractivity contribution is 5.91. The maximum absolute atomic E-state index is 12.0. The number of nitrogens with one attached hydrogen (secondary N) is 2. The number of anilines is 1. The third-order valence-electron chi connectivity index (χ3n) is 4.06. The zero-order chi connectivity index (χ0) is 22.4. The second-order valence-corrected chi connectivity index (χ2v) is 6.49. The highest BCUT2D eigenvalue weighted by Gasteiger charge is 2.21. The van der Waals surface area contributed by atoms with Gasteiger partial charge in [0.25, 0.3) is 11.8 Å². The zero-order valence-electron chi connectivity index (χ0n) is 16.4. The minimum absolute atomic E-state index is 0.0405. The third-order valence-corrected chi connectivity index (χ3v) is 4.06. The Morgan fingerprint density at radius 2 is 2.00 bits per heavy atom. The second-order valence-electron chi connectivity index (χ2n) is 6.49. The molecule has 0 saturated carbocycles. The molecule has 10 heteroatoms. The van der Waals surface area contributed by atoms with Crippen molar-refractivity contribution in [1.82, 2.24) is 9.97 Å². The van der Waals surface area contributed by atoms with Crippen LogP contribution < -0.4 is 15.6 Å². The molecule has 0 unspecified atom stereocenters. The first-order valence-corrected chi connectivity index (χ1v) is 9.07. The maximum atomic E-state index is 12.0. The fraction of sp³-hybridized carbons (Fsp3) is 0.0952. The van der Waals surface area contributed by atoms with Gasteiger partial charge in [-0.25, -0.2) is 0 Å². The van der Waals surface area contributed by atoms with Crippen LogP contribution in [0.3, 0.4) is 0 Å². The highest BCUT2D eigenvalue weighted by atomic mass is 16.6. The number of nitro groups is 1. The van der Waals surface area contributed by atoms with Crippen molar-refractivity contribution in [3.63, 3.8) is 0 Å². The van der Waals surface area contributed by atoms with E-state index in [1.165, 1.54) is 6.08 Å². The molecule has 0 saturated heterocycles. The molecule has 1 aromatic heterocycles. The molecule has 0 radical (unpaired) electrons. The molecule has 0 aliphatic heterocycles. The van der Waals surface area contributed by atoms with Gasteiger partial charge in [0.15, 0.2) is 6.61 Å². The number of carbonyl (C=O) groups is 1. The number of nitrogens with zero attached hydrogens (tertiary/aromatic N) is 2. The molecular formula is C21H18N4O6. The summed E-state index contributed by atoms with van der Waals surface area (Å²) < 4.78 is 5.46. The minimum atomic E-state index is -1.05. The number of carbonyl (C=O) groups excluding carboxylic acids is 1. The van der Waals surface area contributed by atoms with Gasteiger partial charge in [-0.1, -0.05) is 30.3 Å². The lowest BCUT2D eigenvalue weighted by atomic mass is 10.2. The number of rotatable bonds is 7. The largest absolute Gasteiger partial charge is 0.488 e. The Labute approximate surface area is 176 Å². The first-order valence-electron chi connectivity index (χ1n) is 9.07. The van der Waals surface area contributed by atoms with Gasteiger partial charge in [-0.15, -0.1) is 0 Å². The smallest absolute Gasteiger partial charge is 0.395 e. The standard InChI is InChI=1S/C21H18N4O6/c1-13-3-2-4-15(11-13)22-18(26)12-31-16-8-5-14(6-9-16)7-10-17-23-20(27)19(25(29)30)21(28)24-17/h2-11H,12H2,1H3,(H,22,26)(H2,23,24,27,28). The predicted octanol–water partition coefficient (Wildman–Crippen LogP) is 2.88. The van der Waals surface area contributed by atoms with Crippen LogP contribution in [0.15, 0.2) is 53.3 Å². The van der Waals surface area contributed by atoms with E-state index in [1.54, 1.807) is 36.4 Å². The van der Waals surface area contributed by atoms with Gasteiger partial charge in [0.1, 0.15) is 11.6 Å². The van der Waals surface area contributed by atoms with Crippen LogP contribution in [0.1, 0.15) is 17.0 Å². The van der Waals surface area contributed by atoms with Crippen molar-refractivity contribution in [2.45, 2.75) is 6.92 Å². The van der Waals surface area contributed by atoms with Gasteiger partial charge >= 0.3 is 11.2 Å². The van der Waals surface area contributed by atoms with E-state index in [1.807, 2.05) is 25.1 Å². The van der Waals surface area contributed by atoms with Crippen LogP contribution in [0.4, 0.5) is 11.4 Å². The van der Waals surface area contributed by atoms with Crippen molar-refractivity contribution in [2.24, 2.45) is 0 Å². The number of amides is 1. The van der Waals surface area contributed by atoms with Crippen LogP contribution >= 0.6 is 0 Å². The normalized spacial score (nSPS) is 10.7. The monoisotopic (exact) mass is 422 g/mol. The van der Waals surface area contributed by atoms with E-state index in [2.05, 4.69) is 15.3 Å². The van der Waals surface area contributed by atoms with Crippen molar-refractivity contribution in [2.75, 3.05) is 11.9 Å². The molecule has 158 valence electrons. The van der Waals surface area contributed by atoms with E-state index >= 15 is 0 Å². The number of aryl methyl sites for hydroxylation is 1. The summed E-state index contributed by atoms with van der Waals surface area (Å²) in [7, 11) is 0. The molecule has 0 fully saturated rings. The molecule has 10 nitrogen and oxygen atoms in total. The lowest BCUT2D eigenvalue weighted by molar-refractivity contribution is -0.387. The molecule has 3 aromatic rings. The van der Waals surface area contributed by atoms with Crippen LogP contribution in [0.5, 0.6) is 11.6 Å². The Balaban J connectivity index is 1.58. The van der Waals surface area contributed by atoms with Gasteiger partial charge in [-0.3, -0.25) is 19.7 Å². The van der Waals surface area contributed by atoms with Crippen molar-refractivity contribution >= 4 is 29.4 Å². The van der Waals surface area contributed by atoms with E-state index in [0.717, 1.165) is 5.56 Å². The Morgan fingerprint density at radius 3 is 2.65 bits per heavy atom. The van der Waals surface area contributed by atoms with Crippen LogP contribution in [0.2, 0.25) is 0 Å². The number of aromatic amines is 1. The average Bonchev–Trinajstić information content (AvgIpc) is 2.71. The average molecular weight is 422 g/mol. The fourth-order valence-electron chi connectivity index (χ4n) is 2.63. The van der Waals surface area contributed by atoms with Gasteiger partial charge in [0, 0.05) is 5.69 Å². The number of hydrogen-bond acceptors (Lipinski definition) is 7. The van der Waals surface area contributed by atoms with Gasteiger partial charge in [-0.05, 0) is 48.4 Å². The summed E-state index contributed by atoms with van der Waals surface area (Å²) in [5.74, 6) is -0.805. The zero-order valence-corrected chi connectivity index (χ0v) is 16.4. The summed E-state index contributed by atoms with van der Waals surface area (Å²) >= 11 is 0. The number of benzene rings is 2. The van der Waals surface area contributed by atoms with E-state index in [4.69, 9.17) is 4.74 Å². The van der Waals surface area contributed by atoms with Crippen LogP contribution in [-0.2, 0) is 4.79 Å². The molecule has 0 aliphatic carbocycles. The topological polar surface area (TPSA) is 147 Å². The SMILES string of the molecule is Cc1cccc(NC(=O)COc2ccc(C=Cc3nc(O)c([N+](=O)[O-])c(=O)[nH]3)cc2)c1. The van der Waals surface area contributed by atoms with Crippen molar-refractivity contribution < 1.29 is 19.6 Å². The Morgan fingerprint density at radius 1 is 1.26 bits per heavy atom. The van der Waals surface area contributed by atoms with Crippen LogP contribution in [0.25, 0.3) is 12.2 Å². The van der Waals surface area contributed by atoms with E-state index in [0.29, 0.717) is 17.0 Å². The van der Waals surface area contributed by atoms with E-state index in [9.17, 15) is 24.8 Å². The number of hydrogen-bond donors (Lipinski definition) is 3. The lowest BCUT2D eigenvalue weighted by Gasteiger charge is -2.08. The molecule has 1 heterocycles. The summed E-state index contributed by atoms with van der Waals surface area (Å²) in [4.78, 5) is 39.1. The van der Waals surface area contributed by atoms with E-state index < -0.39 is 22.0 Å². The summed E-state index contributed by atoms with van der Waals surface area (Å²) in [6.45, 7) is 1.77. The Bertz CT molecular complexity index is 1200. The Hall–Kier alpha value is -4.47. The van der Waals surface area contributed by atoms with Crippen LogP contribution in [0, 0.1) is 17.0 Å². The second kappa shape index (κ2) is 9.35. The Kier molecular flexibility index (Phi) is 6.41. The van der Waals surface area contributed by atoms with Crippen molar-refractivity contribution in [3.05, 3.63) is 86.0 Å². The lowest BCUT2D eigenvalue weighted by Crippen LogP contribution is -2.20. The first kappa shape index (κ1) is 21.2. The summed E-state index contributed by atoms with van der Waals surface area (Å²) in [5, 5.41) is 23.0. The quantitative estimate of drug-likeness (QED) is 0.392. The molecule has 3 rings (SSSR count).